The molecule has 0 spiro atoms. The highest BCUT2D eigenvalue weighted by molar-refractivity contribution is 5.32. The number of hydrogen-bond acceptors (Lipinski definition) is 4. The van der Waals surface area contributed by atoms with Crippen LogP contribution in [0.5, 0.6) is 0 Å². The Bertz CT molecular complexity index is 313. The van der Waals surface area contributed by atoms with E-state index in [1.54, 1.807) is 6.08 Å². The van der Waals surface area contributed by atoms with Gasteiger partial charge in [-0.25, -0.2) is 9.79 Å². The zero-order valence-electron chi connectivity index (χ0n) is 9.61. The zero-order valence-corrected chi connectivity index (χ0v) is 9.61. The highest BCUT2D eigenvalue weighted by Crippen LogP contribution is 2.48. The van der Waals surface area contributed by atoms with E-state index in [4.69, 9.17) is 0 Å². The minimum Gasteiger partial charge on any atom is -0.449 e. The van der Waals surface area contributed by atoms with Crippen LogP contribution in [0.25, 0.3) is 0 Å². The van der Waals surface area contributed by atoms with Gasteiger partial charge in [-0.1, -0.05) is 6.42 Å². The summed E-state index contributed by atoms with van der Waals surface area (Å²) in [5, 5.41) is 0. The molecule has 0 aromatic rings. The molecule has 0 saturated heterocycles. The van der Waals surface area contributed by atoms with E-state index in [-0.39, 0.29) is 0 Å². The van der Waals surface area contributed by atoms with Gasteiger partial charge in [-0.2, -0.15) is 0 Å². The van der Waals surface area contributed by atoms with Gasteiger partial charge in [0.25, 0.3) is 0 Å². The van der Waals surface area contributed by atoms with E-state index in [1.165, 1.54) is 32.8 Å². The van der Waals surface area contributed by atoms with Crippen molar-refractivity contribution < 1.29 is 9.53 Å². The summed E-state index contributed by atoms with van der Waals surface area (Å²) in [6.07, 6.45) is 9.29. The fourth-order valence-corrected chi connectivity index (χ4v) is 2.81. The van der Waals surface area contributed by atoms with E-state index in [0.717, 1.165) is 24.3 Å². The maximum absolute atomic E-state index is 9.88. The number of methoxy groups -OCH3 is 1. The number of ether oxygens (including phenoxy) is 1. The molecule has 0 radical (unpaired) electrons. The Kier molecular flexibility index (Phi) is 5.45. The van der Waals surface area contributed by atoms with Crippen LogP contribution in [0, 0.1) is 29.9 Å². The van der Waals surface area contributed by atoms with Crippen molar-refractivity contribution in [3.8, 4) is 12.2 Å². The molecule has 2 N–H and O–H groups in total. The minimum absolute atomic E-state index is 0.718. The van der Waals surface area contributed by atoms with E-state index >= 15 is 0 Å². The summed E-state index contributed by atoms with van der Waals surface area (Å²) in [6.45, 7) is 0.741. The summed E-state index contributed by atoms with van der Waals surface area (Å²) < 4.78 is 4.20. The monoisotopic (exact) mass is 222 g/mol. The molecule has 3 unspecified atom stereocenters. The molecule has 4 heteroatoms. The standard InChI is InChI=1S/C9H13NO.C3H5NO/c11-6-10-5-9-4-7-1-2-8(9)3-7;1-5-3-2-4/h7-9H,1-5H2;4H2,1H3. The molecular weight excluding hydrogens is 204 g/mol. The molecule has 0 aromatic heterocycles. The van der Waals surface area contributed by atoms with Crippen molar-refractivity contribution in [1.82, 2.24) is 0 Å². The van der Waals surface area contributed by atoms with Gasteiger partial charge in [0, 0.05) is 6.04 Å². The smallest absolute Gasteiger partial charge is 0.234 e. The van der Waals surface area contributed by atoms with Gasteiger partial charge < -0.3 is 10.5 Å². The van der Waals surface area contributed by atoms with E-state index in [2.05, 4.69) is 21.6 Å². The largest absolute Gasteiger partial charge is 0.449 e. The molecule has 2 fully saturated rings. The molecule has 3 atom stereocenters. The summed E-state index contributed by atoms with van der Waals surface area (Å²) >= 11 is 0. The van der Waals surface area contributed by atoms with Gasteiger partial charge in [-0.15, -0.1) is 0 Å². The van der Waals surface area contributed by atoms with Crippen LogP contribution in [0.4, 0.5) is 0 Å². The second kappa shape index (κ2) is 6.92. The molecule has 4 nitrogen and oxygen atoms in total. The number of hydrogen-bond donors (Lipinski definition) is 1. The third kappa shape index (κ3) is 3.60. The van der Waals surface area contributed by atoms with Gasteiger partial charge in [0.05, 0.1) is 13.7 Å². The lowest BCUT2D eigenvalue weighted by molar-refractivity contribution is 0.341. The van der Waals surface area contributed by atoms with Crippen molar-refractivity contribution in [3.05, 3.63) is 0 Å². The number of nitrogens with zero attached hydrogens (tertiary/aromatic N) is 1. The number of isocyanates is 1. The summed E-state index contributed by atoms with van der Waals surface area (Å²) in [5.41, 5.74) is 4.65. The van der Waals surface area contributed by atoms with Crippen LogP contribution in [0.15, 0.2) is 4.99 Å². The van der Waals surface area contributed by atoms with Gasteiger partial charge in [0.1, 0.15) is 6.11 Å². The molecule has 2 saturated carbocycles. The van der Waals surface area contributed by atoms with Crippen molar-refractivity contribution >= 4 is 6.08 Å². The van der Waals surface area contributed by atoms with Crippen LogP contribution in [-0.4, -0.2) is 19.7 Å². The molecule has 16 heavy (non-hydrogen) atoms. The summed E-state index contributed by atoms with van der Waals surface area (Å²) in [5.74, 6) is 2.57. The summed E-state index contributed by atoms with van der Waals surface area (Å²) in [6, 6.07) is 2.05. The number of carbonyl (C=O) groups excluding carboxylic acids is 1. The minimum atomic E-state index is 0.718. The third-order valence-electron chi connectivity index (χ3n) is 3.44. The van der Waals surface area contributed by atoms with Crippen molar-refractivity contribution in [2.24, 2.45) is 28.5 Å². The summed E-state index contributed by atoms with van der Waals surface area (Å²) in [4.78, 5) is 13.5. The Labute approximate surface area is 96.3 Å². The van der Waals surface area contributed by atoms with E-state index in [0.29, 0.717) is 0 Å². The van der Waals surface area contributed by atoms with Crippen LogP contribution < -0.4 is 5.73 Å². The molecule has 2 aliphatic carbocycles. The van der Waals surface area contributed by atoms with Crippen LogP contribution in [0.3, 0.4) is 0 Å². The van der Waals surface area contributed by atoms with E-state index in [1.807, 2.05) is 6.04 Å². The van der Waals surface area contributed by atoms with Crippen molar-refractivity contribution in [2.45, 2.75) is 25.7 Å². The topological polar surface area (TPSA) is 64.7 Å². The lowest BCUT2D eigenvalue weighted by atomic mass is 9.89. The fraction of sp³-hybridized carbons (Fsp3) is 0.750. The lowest BCUT2D eigenvalue weighted by Crippen LogP contribution is -2.13. The molecule has 0 heterocycles. The maximum Gasteiger partial charge on any atom is 0.234 e. The Balaban J connectivity index is 0.000000221. The highest BCUT2D eigenvalue weighted by atomic mass is 16.5. The molecule has 2 aliphatic rings. The Hall–Kier alpha value is -1.46. The van der Waals surface area contributed by atoms with Crippen LogP contribution in [0.1, 0.15) is 25.7 Å². The first-order chi connectivity index (χ1) is 7.81. The average Bonchev–Trinajstić information content (AvgIpc) is 2.90. The third-order valence-corrected chi connectivity index (χ3v) is 3.44. The van der Waals surface area contributed by atoms with Gasteiger partial charge >= 0.3 is 0 Å². The van der Waals surface area contributed by atoms with Gasteiger partial charge in [0.2, 0.25) is 6.08 Å². The number of rotatable bonds is 2. The van der Waals surface area contributed by atoms with Crippen LogP contribution in [0.2, 0.25) is 0 Å². The van der Waals surface area contributed by atoms with E-state index in [9.17, 15) is 4.79 Å². The molecule has 88 valence electrons. The van der Waals surface area contributed by atoms with Crippen LogP contribution >= 0.6 is 0 Å². The molecule has 0 amide bonds. The maximum atomic E-state index is 9.88. The predicted molar refractivity (Wildman–Crippen MR) is 60.9 cm³/mol. The number of nitrogens with two attached hydrogens (primary N) is 1. The van der Waals surface area contributed by atoms with Crippen molar-refractivity contribution in [3.63, 3.8) is 0 Å². The Morgan fingerprint density at radius 1 is 1.44 bits per heavy atom. The van der Waals surface area contributed by atoms with Crippen LogP contribution in [-0.2, 0) is 9.53 Å². The second-order valence-electron chi connectivity index (χ2n) is 4.32. The van der Waals surface area contributed by atoms with Gasteiger partial charge in [0.15, 0.2) is 0 Å². The molecular formula is C12H18N2O2. The van der Waals surface area contributed by atoms with Gasteiger partial charge in [-0.3, -0.25) is 0 Å². The lowest BCUT2D eigenvalue weighted by Gasteiger charge is -2.18. The first-order valence-corrected chi connectivity index (χ1v) is 5.59. The average molecular weight is 222 g/mol. The van der Waals surface area contributed by atoms with Crippen molar-refractivity contribution in [1.29, 1.82) is 0 Å². The molecule has 0 aliphatic heterocycles. The first-order valence-electron chi connectivity index (χ1n) is 5.59. The summed E-state index contributed by atoms with van der Waals surface area (Å²) in [7, 11) is 1.46. The number of aliphatic imine (C=N–C) groups is 1. The Morgan fingerprint density at radius 2 is 2.25 bits per heavy atom. The van der Waals surface area contributed by atoms with Gasteiger partial charge in [-0.05, 0) is 37.0 Å². The number of fused-ring (bicyclic) bond motifs is 2. The quantitative estimate of drug-likeness (QED) is 0.331. The zero-order chi connectivity index (χ0) is 11.8. The van der Waals surface area contributed by atoms with Crippen molar-refractivity contribution in [2.75, 3.05) is 13.7 Å². The Morgan fingerprint density at radius 3 is 2.62 bits per heavy atom. The second-order valence-corrected chi connectivity index (χ2v) is 4.32. The molecule has 0 aromatic carbocycles. The predicted octanol–water partition coefficient (Wildman–Crippen LogP) is 1.27. The normalized spacial score (nSPS) is 29.2. The van der Waals surface area contributed by atoms with E-state index < -0.39 is 0 Å². The molecule has 2 rings (SSSR count). The first kappa shape index (κ1) is 12.6. The highest BCUT2D eigenvalue weighted by Gasteiger charge is 2.38. The SMILES string of the molecule is COC#CN.O=C=NCC1CC2CCC1C2. The fourth-order valence-electron chi connectivity index (χ4n) is 2.81. The molecule has 2 bridgehead atoms.